The Labute approximate surface area is 83.9 Å². The van der Waals surface area contributed by atoms with Crippen molar-refractivity contribution in [1.29, 1.82) is 5.41 Å². The van der Waals surface area contributed by atoms with E-state index in [2.05, 4.69) is 0 Å². The number of amides is 1. The van der Waals surface area contributed by atoms with Gasteiger partial charge in [-0.1, -0.05) is 17.7 Å². The van der Waals surface area contributed by atoms with Gasteiger partial charge in [-0.25, -0.2) is 0 Å². The van der Waals surface area contributed by atoms with Crippen LogP contribution in [0.15, 0.2) is 24.3 Å². The molecule has 1 aromatic carbocycles. The fourth-order valence-corrected chi connectivity index (χ4v) is 1.31. The summed E-state index contributed by atoms with van der Waals surface area (Å²) in [5, 5.41) is 7.48. The lowest BCUT2D eigenvalue weighted by Gasteiger charge is -2.19. The molecule has 0 spiro atoms. The number of nitrogens with zero attached hydrogens (tertiary/aromatic N) is 1. The fraction of sp³-hybridized carbons (Fsp3) is 0.273. The van der Waals surface area contributed by atoms with Crippen molar-refractivity contribution < 1.29 is 4.79 Å². The zero-order chi connectivity index (χ0) is 10.7. The largest absolute Gasteiger partial charge is 0.288 e. The van der Waals surface area contributed by atoms with Crippen LogP contribution in [0.4, 0.5) is 5.69 Å². The van der Waals surface area contributed by atoms with Crippen LogP contribution in [0.2, 0.25) is 0 Å². The van der Waals surface area contributed by atoms with Crippen molar-refractivity contribution in [3.63, 3.8) is 0 Å². The maximum absolute atomic E-state index is 11.3. The highest BCUT2D eigenvalue weighted by atomic mass is 16.2. The first-order chi connectivity index (χ1) is 6.52. The van der Waals surface area contributed by atoms with E-state index in [4.69, 9.17) is 5.41 Å². The van der Waals surface area contributed by atoms with Gasteiger partial charge in [0.05, 0.1) is 5.69 Å². The number of aryl methyl sites for hydroxylation is 1. The topological polar surface area (TPSA) is 44.2 Å². The molecule has 0 heterocycles. The van der Waals surface area contributed by atoms with E-state index in [0.717, 1.165) is 11.3 Å². The lowest BCUT2D eigenvalue weighted by atomic mass is 10.2. The predicted octanol–water partition coefficient (Wildman–Crippen LogP) is 2.35. The lowest BCUT2D eigenvalue weighted by molar-refractivity contribution is -0.115. The molecule has 0 saturated heterocycles. The van der Waals surface area contributed by atoms with Gasteiger partial charge in [-0.05, 0) is 26.0 Å². The van der Waals surface area contributed by atoms with Crippen LogP contribution in [0.5, 0.6) is 0 Å². The smallest absolute Gasteiger partial charge is 0.229 e. The van der Waals surface area contributed by atoms with Crippen LogP contribution in [0.25, 0.3) is 0 Å². The Morgan fingerprint density at radius 3 is 2.07 bits per heavy atom. The first-order valence-electron chi connectivity index (χ1n) is 4.45. The number of rotatable bonds is 1. The molecule has 3 nitrogen and oxygen atoms in total. The third-order valence-electron chi connectivity index (χ3n) is 1.94. The molecule has 0 fully saturated rings. The van der Waals surface area contributed by atoms with Crippen LogP contribution in [-0.4, -0.2) is 11.7 Å². The first-order valence-corrected chi connectivity index (χ1v) is 4.45. The Morgan fingerprint density at radius 1 is 1.21 bits per heavy atom. The first kappa shape index (κ1) is 10.4. The van der Waals surface area contributed by atoms with Crippen LogP contribution < -0.4 is 4.90 Å². The van der Waals surface area contributed by atoms with Crippen LogP contribution in [0, 0.1) is 12.3 Å². The highest BCUT2D eigenvalue weighted by Gasteiger charge is 2.12. The molecule has 3 heteroatoms. The molecule has 0 bridgehead atoms. The van der Waals surface area contributed by atoms with Gasteiger partial charge in [0, 0.05) is 6.92 Å². The minimum atomic E-state index is -0.138. The van der Waals surface area contributed by atoms with Gasteiger partial charge in [0.25, 0.3) is 0 Å². The van der Waals surface area contributed by atoms with Gasteiger partial charge < -0.3 is 0 Å². The van der Waals surface area contributed by atoms with Gasteiger partial charge >= 0.3 is 0 Å². The maximum atomic E-state index is 11.3. The second-order valence-electron chi connectivity index (χ2n) is 3.28. The fourth-order valence-electron chi connectivity index (χ4n) is 1.31. The number of carbonyl (C=O) groups excluding carboxylic acids is 1. The monoisotopic (exact) mass is 190 g/mol. The molecule has 1 rings (SSSR count). The van der Waals surface area contributed by atoms with Crippen LogP contribution in [0.3, 0.4) is 0 Å². The molecule has 0 radical (unpaired) electrons. The highest BCUT2D eigenvalue weighted by Crippen LogP contribution is 2.15. The van der Waals surface area contributed by atoms with E-state index >= 15 is 0 Å². The van der Waals surface area contributed by atoms with E-state index in [9.17, 15) is 4.79 Å². The summed E-state index contributed by atoms with van der Waals surface area (Å²) in [6.45, 7) is 5.04. The third-order valence-corrected chi connectivity index (χ3v) is 1.94. The van der Waals surface area contributed by atoms with Crippen molar-refractivity contribution in [1.82, 2.24) is 0 Å². The van der Waals surface area contributed by atoms with Gasteiger partial charge in [0.1, 0.15) is 5.84 Å². The molecule has 0 aliphatic heterocycles. The number of hydrogen-bond donors (Lipinski definition) is 1. The number of hydrogen-bond acceptors (Lipinski definition) is 2. The standard InChI is InChI=1S/C11H14N2O/c1-8-4-6-11(7-5-8)13(9(2)12)10(3)14/h4-7,12H,1-3H3. The van der Waals surface area contributed by atoms with Gasteiger partial charge in [-0.3, -0.25) is 15.1 Å². The Bertz CT molecular complexity index is 340. The molecule has 14 heavy (non-hydrogen) atoms. The quantitative estimate of drug-likeness (QED) is 0.536. The SMILES string of the molecule is CC(=N)N(C(C)=O)c1ccc(C)cc1. The zero-order valence-corrected chi connectivity index (χ0v) is 8.66. The van der Waals surface area contributed by atoms with Crippen molar-refractivity contribution >= 4 is 17.4 Å². The summed E-state index contributed by atoms with van der Waals surface area (Å²) in [4.78, 5) is 12.6. The summed E-state index contributed by atoms with van der Waals surface area (Å²) < 4.78 is 0. The van der Waals surface area contributed by atoms with Gasteiger partial charge in [-0.15, -0.1) is 0 Å². The van der Waals surface area contributed by atoms with Crippen molar-refractivity contribution in [2.75, 3.05) is 4.90 Å². The third kappa shape index (κ3) is 2.19. The van der Waals surface area contributed by atoms with E-state index in [0.29, 0.717) is 0 Å². The number of benzene rings is 1. The van der Waals surface area contributed by atoms with Crippen LogP contribution in [-0.2, 0) is 4.79 Å². The normalized spacial score (nSPS) is 9.64. The Hall–Kier alpha value is -1.64. The lowest BCUT2D eigenvalue weighted by Crippen LogP contribution is -2.32. The average Bonchev–Trinajstić information content (AvgIpc) is 2.07. The minimum Gasteiger partial charge on any atom is -0.288 e. The molecule has 74 valence electrons. The Morgan fingerprint density at radius 2 is 1.71 bits per heavy atom. The van der Waals surface area contributed by atoms with Crippen molar-refractivity contribution in [2.45, 2.75) is 20.8 Å². The van der Waals surface area contributed by atoms with Crippen molar-refractivity contribution in [3.05, 3.63) is 29.8 Å². The molecular formula is C11H14N2O. The molecule has 0 atom stereocenters. The molecule has 0 saturated carbocycles. The van der Waals surface area contributed by atoms with Gasteiger partial charge in [0.15, 0.2) is 0 Å². The summed E-state index contributed by atoms with van der Waals surface area (Å²) in [5.74, 6) is 0.0997. The zero-order valence-electron chi connectivity index (χ0n) is 8.66. The van der Waals surface area contributed by atoms with E-state index in [1.54, 1.807) is 6.92 Å². The molecule has 0 aromatic heterocycles. The molecule has 0 unspecified atom stereocenters. The van der Waals surface area contributed by atoms with E-state index in [1.165, 1.54) is 11.8 Å². The van der Waals surface area contributed by atoms with Crippen LogP contribution >= 0.6 is 0 Å². The molecule has 1 aromatic rings. The van der Waals surface area contributed by atoms with Crippen molar-refractivity contribution in [3.8, 4) is 0 Å². The highest BCUT2D eigenvalue weighted by molar-refractivity contribution is 6.14. The number of anilines is 1. The summed E-state index contributed by atoms with van der Waals surface area (Å²) >= 11 is 0. The Balaban J connectivity index is 3.06. The summed E-state index contributed by atoms with van der Waals surface area (Å²) in [5.41, 5.74) is 1.88. The van der Waals surface area contributed by atoms with E-state index < -0.39 is 0 Å². The van der Waals surface area contributed by atoms with E-state index in [1.807, 2.05) is 31.2 Å². The second kappa shape index (κ2) is 4.05. The molecule has 1 amide bonds. The minimum absolute atomic E-state index is 0.138. The second-order valence-corrected chi connectivity index (χ2v) is 3.28. The number of carbonyl (C=O) groups is 1. The molecule has 1 N–H and O–H groups in total. The molecule has 0 aliphatic rings. The Kier molecular flexibility index (Phi) is 3.02. The number of amidine groups is 1. The van der Waals surface area contributed by atoms with E-state index in [-0.39, 0.29) is 11.7 Å². The van der Waals surface area contributed by atoms with Crippen molar-refractivity contribution in [2.24, 2.45) is 0 Å². The molecular weight excluding hydrogens is 176 g/mol. The predicted molar refractivity (Wildman–Crippen MR) is 57.7 cm³/mol. The summed E-state index contributed by atoms with van der Waals surface area (Å²) in [7, 11) is 0. The number of nitrogens with one attached hydrogen (secondary N) is 1. The maximum Gasteiger partial charge on any atom is 0.229 e. The summed E-state index contributed by atoms with van der Waals surface area (Å²) in [6.07, 6.45) is 0. The molecule has 0 aliphatic carbocycles. The summed E-state index contributed by atoms with van der Waals surface area (Å²) in [6, 6.07) is 7.53. The van der Waals surface area contributed by atoms with Crippen LogP contribution in [0.1, 0.15) is 19.4 Å². The van der Waals surface area contributed by atoms with Gasteiger partial charge in [-0.2, -0.15) is 0 Å². The average molecular weight is 190 g/mol. The van der Waals surface area contributed by atoms with Gasteiger partial charge in [0.2, 0.25) is 5.91 Å².